The standard InChI is InChI=1S/C13H12N2O4S2/c16-12(15-3-4-19-6-9(15)13(17)18)8-7-21-11(14-8)10-2-1-5-20-10/h1-2,5,7,9H,3-4,6H2,(H,17,18)/t9-/m1/s1. The first kappa shape index (κ1) is 14.2. The fourth-order valence-corrected chi connectivity index (χ4v) is 3.69. The van der Waals surface area contributed by atoms with E-state index in [0.717, 1.165) is 9.88 Å². The van der Waals surface area contributed by atoms with E-state index < -0.39 is 12.0 Å². The van der Waals surface area contributed by atoms with Crippen molar-refractivity contribution in [3.63, 3.8) is 0 Å². The lowest BCUT2D eigenvalue weighted by molar-refractivity contribution is -0.147. The Kier molecular flexibility index (Phi) is 4.00. The zero-order valence-corrected chi connectivity index (χ0v) is 12.5. The molecule has 1 N–H and O–H groups in total. The maximum absolute atomic E-state index is 12.5. The third-order valence-corrected chi connectivity index (χ3v) is 5.01. The molecule has 21 heavy (non-hydrogen) atoms. The SMILES string of the molecule is O=C(O)[C@H]1COCCN1C(=O)c1csc(-c2cccs2)n1. The highest BCUT2D eigenvalue weighted by atomic mass is 32.1. The number of aliphatic carboxylic acids is 1. The second-order valence-corrected chi connectivity index (χ2v) is 6.25. The number of carboxylic acids is 1. The minimum absolute atomic E-state index is 0.0169. The van der Waals surface area contributed by atoms with E-state index in [2.05, 4.69) is 4.98 Å². The fraction of sp³-hybridized carbons (Fsp3) is 0.308. The van der Waals surface area contributed by atoms with Crippen molar-refractivity contribution in [1.82, 2.24) is 9.88 Å². The van der Waals surface area contributed by atoms with Crippen molar-refractivity contribution in [3.05, 3.63) is 28.6 Å². The molecule has 2 aromatic heterocycles. The van der Waals surface area contributed by atoms with Crippen LogP contribution >= 0.6 is 22.7 Å². The number of aromatic nitrogens is 1. The molecule has 1 saturated heterocycles. The Balaban J connectivity index is 1.83. The molecule has 3 rings (SSSR count). The summed E-state index contributed by atoms with van der Waals surface area (Å²) >= 11 is 2.93. The van der Waals surface area contributed by atoms with E-state index in [9.17, 15) is 9.59 Å². The third kappa shape index (κ3) is 2.82. The van der Waals surface area contributed by atoms with Gasteiger partial charge in [0.15, 0.2) is 6.04 Å². The Morgan fingerprint density at radius 1 is 1.43 bits per heavy atom. The van der Waals surface area contributed by atoms with Crippen LogP contribution in [0.4, 0.5) is 0 Å². The molecule has 0 aliphatic carbocycles. The number of hydrogen-bond acceptors (Lipinski definition) is 6. The van der Waals surface area contributed by atoms with Crippen molar-refractivity contribution < 1.29 is 19.4 Å². The smallest absolute Gasteiger partial charge is 0.328 e. The molecule has 1 atom stereocenters. The van der Waals surface area contributed by atoms with E-state index in [-0.39, 0.29) is 24.8 Å². The summed E-state index contributed by atoms with van der Waals surface area (Å²) in [6, 6.07) is 2.91. The van der Waals surface area contributed by atoms with E-state index in [1.807, 2.05) is 17.5 Å². The van der Waals surface area contributed by atoms with Gasteiger partial charge in [-0.15, -0.1) is 22.7 Å². The molecule has 1 fully saturated rings. The lowest BCUT2D eigenvalue weighted by atomic mass is 10.2. The maximum Gasteiger partial charge on any atom is 0.328 e. The molecular weight excluding hydrogens is 312 g/mol. The zero-order chi connectivity index (χ0) is 14.8. The minimum Gasteiger partial charge on any atom is -0.480 e. The molecule has 0 radical (unpaired) electrons. The molecule has 1 aliphatic rings. The van der Waals surface area contributed by atoms with E-state index in [4.69, 9.17) is 9.84 Å². The monoisotopic (exact) mass is 324 g/mol. The van der Waals surface area contributed by atoms with Crippen molar-refractivity contribution in [1.29, 1.82) is 0 Å². The van der Waals surface area contributed by atoms with Crippen molar-refractivity contribution >= 4 is 34.6 Å². The molecule has 0 unspecified atom stereocenters. The van der Waals surface area contributed by atoms with Gasteiger partial charge in [0.25, 0.3) is 5.91 Å². The van der Waals surface area contributed by atoms with Gasteiger partial charge in [-0.1, -0.05) is 6.07 Å². The molecule has 1 amide bonds. The zero-order valence-electron chi connectivity index (χ0n) is 10.9. The van der Waals surface area contributed by atoms with Crippen LogP contribution in [0.25, 0.3) is 9.88 Å². The number of carboxylic acid groups (broad SMARTS) is 1. The summed E-state index contributed by atoms with van der Waals surface area (Å²) in [5.41, 5.74) is 0.288. The number of ether oxygens (including phenoxy) is 1. The van der Waals surface area contributed by atoms with Crippen LogP contribution in [0.15, 0.2) is 22.9 Å². The lowest BCUT2D eigenvalue weighted by Gasteiger charge is -2.32. The minimum atomic E-state index is -1.06. The van der Waals surface area contributed by atoms with Crippen LogP contribution in [0.5, 0.6) is 0 Å². The Morgan fingerprint density at radius 2 is 2.29 bits per heavy atom. The first-order chi connectivity index (χ1) is 10.2. The van der Waals surface area contributed by atoms with Gasteiger partial charge in [-0.05, 0) is 11.4 Å². The predicted molar refractivity (Wildman–Crippen MR) is 78.7 cm³/mol. The van der Waals surface area contributed by atoms with E-state index in [1.54, 1.807) is 16.7 Å². The number of amides is 1. The Hall–Kier alpha value is -1.77. The molecule has 6 nitrogen and oxygen atoms in total. The number of morpholine rings is 1. The Morgan fingerprint density at radius 3 is 3.00 bits per heavy atom. The highest BCUT2D eigenvalue weighted by Gasteiger charge is 2.34. The molecule has 110 valence electrons. The molecule has 0 spiro atoms. The summed E-state index contributed by atoms with van der Waals surface area (Å²) in [4.78, 5) is 30.3. The van der Waals surface area contributed by atoms with Crippen LogP contribution in [0, 0.1) is 0 Å². The van der Waals surface area contributed by atoms with Gasteiger partial charge >= 0.3 is 5.97 Å². The third-order valence-electron chi connectivity index (χ3n) is 3.13. The normalized spacial score (nSPS) is 18.7. The van der Waals surface area contributed by atoms with Gasteiger partial charge in [-0.25, -0.2) is 9.78 Å². The molecule has 0 aromatic carbocycles. The summed E-state index contributed by atoms with van der Waals surface area (Å²) in [6.07, 6.45) is 0. The molecule has 0 bridgehead atoms. The number of hydrogen-bond donors (Lipinski definition) is 1. The van der Waals surface area contributed by atoms with E-state index in [0.29, 0.717) is 6.61 Å². The van der Waals surface area contributed by atoms with Crippen LogP contribution in [0.2, 0.25) is 0 Å². The first-order valence-corrected chi connectivity index (χ1v) is 8.03. The molecule has 3 heterocycles. The van der Waals surface area contributed by atoms with Gasteiger partial charge in [0.05, 0.1) is 18.1 Å². The van der Waals surface area contributed by atoms with Crippen LogP contribution < -0.4 is 0 Å². The molecular formula is C13H12N2O4S2. The first-order valence-electron chi connectivity index (χ1n) is 6.28. The molecule has 0 saturated carbocycles. The lowest BCUT2D eigenvalue weighted by Crippen LogP contribution is -2.52. The predicted octanol–water partition coefficient (Wildman–Crippen LogP) is 1.80. The summed E-state index contributed by atoms with van der Waals surface area (Å²) in [5.74, 6) is -1.42. The van der Waals surface area contributed by atoms with Gasteiger partial charge in [0.2, 0.25) is 0 Å². The summed E-state index contributed by atoms with van der Waals surface area (Å²) < 4.78 is 5.13. The van der Waals surface area contributed by atoms with Crippen molar-refractivity contribution in [3.8, 4) is 9.88 Å². The topological polar surface area (TPSA) is 79.7 Å². The number of carbonyl (C=O) groups is 2. The van der Waals surface area contributed by atoms with Crippen LogP contribution in [-0.4, -0.2) is 52.7 Å². The average molecular weight is 324 g/mol. The number of nitrogens with zero attached hydrogens (tertiary/aromatic N) is 2. The number of carbonyl (C=O) groups excluding carboxylic acids is 1. The summed E-state index contributed by atoms with van der Waals surface area (Å²) in [7, 11) is 0. The van der Waals surface area contributed by atoms with Gasteiger partial charge in [-0.3, -0.25) is 4.79 Å². The van der Waals surface area contributed by atoms with Gasteiger partial charge in [-0.2, -0.15) is 0 Å². The van der Waals surface area contributed by atoms with Crippen LogP contribution in [-0.2, 0) is 9.53 Å². The van der Waals surface area contributed by atoms with E-state index >= 15 is 0 Å². The van der Waals surface area contributed by atoms with Crippen molar-refractivity contribution in [2.75, 3.05) is 19.8 Å². The summed E-state index contributed by atoms with van der Waals surface area (Å²) in [5, 5.41) is 13.6. The van der Waals surface area contributed by atoms with Gasteiger partial charge < -0.3 is 14.7 Å². The second kappa shape index (κ2) is 5.92. The highest BCUT2D eigenvalue weighted by molar-refractivity contribution is 7.20. The van der Waals surface area contributed by atoms with Crippen LogP contribution in [0.1, 0.15) is 10.5 Å². The number of thiophene rings is 1. The van der Waals surface area contributed by atoms with Gasteiger partial charge in [0.1, 0.15) is 10.7 Å². The van der Waals surface area contributed by atoms with Crippen molar-refractivity contribution in [2.24, 2.45) is 0 Å². The molecule has 8 heteroatoms. The van der Waals surface area contributed by atoms with E-state index in [1.165, 1.54) is 16.2 Å². The summed E-state index contributed by atoms with van der Waals surface area (Å²) in [6.45, 7) is 0.627. The number of thiazole rings is 1. The second-order valence-electron chi connectivity index (χ2n) is 4.44. The quantitative estimate of drug-likeness (QED) is 0.931. The van der Waals surface area contributed by atoms with Gasteiger partial charge in [0, 0.05) is 11.9 Å². The number of rotatable bonds is 3. The Bertz CT molecular complexity index is 653. The molecule has 2 aromatic rings. The highest BCUT2D eigenvalue weighted by Crippen LogP contribution is 2.28. The van der Waals surface area contributed by atoms with Crippen LogP contribution in [0.3, 0.4) is 0 Å². The molecule has 1 aliphatic heterocycles. The fourth-order valence-electron chi connectivity index (χ4n) is 2.08. The average Bonchev–Trinajstić information content (AvgIpc) is 3.17. The van der Waals surface area contributed by atoms with Crippen molar-refractivity contribution in [2.45, 2.75) is 6.04 Å². The Labute approximate surface area is 128 Å². The largest absolute Gasteiger partial charge is 0.480 e. The maximum atomic E-state index is 12.5.